The van der Waals surface area contributed by atoms with E-state index in [1.54, 1.807) is 6.08 Å². The summed E-state index contributed by atoms with van der Waals surface area (Å²) >= 11 is 0. The van der Waals surface area contributed by atoms with E-state index in [-0.39, 0.29) is 18.9 Å². The fourth-order valence-corrected chi connectivity index (χ4v) is 12.3. The average molecular weight is 1220 g/mol. The van der Waals surface area contributed by atoms with E-state index in [2.05, 4.69) is 31.3 Å². The second kappa shape index (κ2) is 57.4. The van der Waals surface area contributed by atoms with Gasteiger partial charge >= 0.3 is 0 Å². The van der Waals surface area contributed by atoms with Crippen LogP contribution in [0.15, 0.2) is 24.3 Å². The molecule has 0 aromatic rings. The average Bonchev–Trinajstić information content (AvgIpc) is 2.46. The quantitative estimate of drug-likeness (QED) is 0.0204. The Labute approximate surface area is 526 Å². The molecule has 12 unspecified atom stereocenters. The number of ether oxygens (including phenoxy) is 4. The highest BCUT2D eigenvalue weighted by Crippen LogP contribution is 2.30. The van der Waals surface area contributed by atoms with Crippen LogP contribution in [0, 0.1) is 0 Å². The molecule has 508 valence electrons. The maximum absolute atomic E-state index is 13.3. The van der Waals surface area contributed by atoms with Crippen molar-refractivity contribution in [2.45, 2.75) is 408 Å². The number of nitrogens with one attached hydrogen (secondary N) is 1. The van der Waals surface area contributed by atoms with E-state index < -0.39 is 86.8 Å². The Morgan fingerprint density at radius 2 is 0.733 bits per heavy atom. The zero-order valence-electron chi connectivity index (χ0n) is 55.3. The molecule has 0 saturated carbocycles. The normalized spacial score (nSPS) is 23.5. The van der Waals surface area contributed by atoms with Gasteiger partial charge in [0, 0.05) is 6.42 Å². The lowest BCUT2D eigenvalue weighted by Crippen LogP contribution is -2.65. The standard InChI is InChI=1S/C72H137NO13/c1-3-5-7-9-11-13-15-17-19-21-23-24-25-26-27-28-29-30-31-32-33-34-35-36-38-39-41-43-45-47-49-51-53-55-61(76)60(73-64(77)56-54-52-50-48-46-44-42-40-37-22-20-18-16-14-12-10-8-6-4-2)59-83-71-69(82)67(80)70(63(58-75)85-71)86-72-68(81)66(79)65(78)62(57-74)84-72/h18,20,53,55,60-63,65-72,74-76,78-82H,3-17,19,21-52,54,56-59H2,1-2H3,(H,73,77)/b20-18-,55-53+. The van der Waals surface area contributed by atoms with Crippen molar-refractivity contribution in [3.05, 3.63) is 24.3 Å². The zero-order chi connectivity index (χ0) is 62.3. The monoisotopic (exact) mass is 1220 g/mol. The van der Waals surface area contributed by atoms with E-state index in [9.17, 15) is 45.6 Å². The van der Waals surface area contributed by atoms with Crippen molar-refractivity contribution in [1.82, 2.24) is 5.32 Å². The molecule has 9 N–H and O–H groups in total. The van der Waals surface area contributed by atoms with Crippen molar-refractivity contribution >= 4 is 5.91 Å². The molecule has 14 heteroatoms. The molecule has 0 aromatic heterocycles. The lowest BCUT2D eigenvalue weighted by atomic mass is 9.97. The lowest BCUT2D eigenvalue weighted by Gasteiger charge is -2.46. The molecular formula is C72H137NO13. The minimum absolute atomic E-state index is 0.236. The number of rotatable bonds is 61. The van der Waals surface area contributed by atoms with Crippen LogP contribution < -0.4 is 5.32 Å². The van der Waals surface area contributed by atoms with Crippen LogP contribution in [-0.4, -0.2) is 140 Å². The molecule has 0 bridgehead atoms. The van der Waals surface area contributed by atoms with Crippen LogP contribution >= 0.6 is 0 Å². The molecule has 14 nitrogen and oxygen atoms in total. The Hall–Kier alpha value is -1.53. The van der Waals surface area contributed by atoms with Gasteiger partial charge in [-0.3, -0.25) is 4.79 Å². The van der Waals surface area contributed by atoms with E-state index in [0.717, 1.165) is 38.5 Å². The molecule has 1 amide bonds. The van der Waals surface area contributed by atoms with Gasteiger partial charge in [0.05, 0.1) is 32.0 Å². The van der Waals surface area contributed by atoms with Gasteiger partial charge in [-0.2, -0.15) is 0 Å². The summed E-state index contributed by atoms with van der Waals surface area (Å²) in [7, 11) is 0. The Kier molecular flexibility index (Phi) is 53.7. The number of unbranched alkanes of at least 4 members (excludes halogenated alkanes) is 46. The zero-order valence-corrected chi connectivity index (χ0v) is 55.3. The smallest absolute Gasteiger partial charge is 0.220 e. The molecule has 0 aromatic carbocycles. The summed E-state index contributed by atoms with van der Waals surface area (Å²) in [5.74, 6) is -0.236. The number of carbonyl (C=O) groups is 1. The highest BCUT2D eigenvalue weighted by molar-refractivity contribution is 5.76. The number of hydrogen-bond acceptors (Lipinski definition) is 13. The van der Waals surface area contributed by atoms with E-state index in [1.165, 1.54) is 270 Å². The SMILES string of the molecule is CCCCCCCC/C=C\CCCCCCCCCCCC(=O)NC(COC1OC(CO)C(OC2OC(CO)C(O)C(O)C2O)C(O)C1O)C(O)/C=C/CCCCCCCCCCCCCCCCCCCCCCCCCCCCCCCCC. The Bertz CT molecular complexity index is 1540. The Morgan fingerprint density at radius 1 is 0.407 bits per heavy atom. The van der Waals surface area contributed by atoms with Crippen molar-refractivity contribution in [2.75, 3.05) is 19.8 Å². The van der Waals surface area contributed by atoms with Gasteiger partial charge in [-0.15, -0.1) is 0 Å². The number of aliphatic hydroxyl groups excluding tert-OH is 8. The number of carbonyl (C=O) groups excluding carboxylic acids is 1. The summed E-state index contributed by atoms with van der Waals surface area (Å²) < 4.78 is 22.9. The third-order valence-electron chi connectivity index (χ3n) is 18.1. The van der Waals surface area contributed by atoms with Crippen LogP contribution in [0.25, 0.3) is 0 Å². The van der Waals surface area contributed by atoms with E-state index in [4.69, 9.17) is 18.9 Å². The summed E-state index contributed by atoms with van der Waals surface area (Å²) in [5, 5.41) is 87.5. The Balaban J connectivity index is 1.64. The fraction of sp³-hybridized carbons (Fsp3) is 0.931. The summed E-state index contributed by atoms with van der Waals surface area (Å²) in [6, 6.07) is -0.915. The van der Waals surface area contributed by atoms with Gasteiger partial charge < -0.3 is 65.1 Å². The maximum Gasteiger partial charge on any atom is 0.220 e. The topological polar surface area (TPSA) is 228 Å². The van der Waals surface area contributed by atoms with Crippen molar-refractivity contribution < 1.29 is 64.6 Å². The summed E-state index contributed by atoms with van der Waals surface area (Å²) in [6.07, 6.45) is 55.3. The number of aliphatic hydroxyl groups is 8. The third-order valence-corrected chi connectivity index (χ3v) is 18.1. The molecule has 2 saturated heterocycles. The number of amides is 1. The van der Waals surface area contributed by atoms with Crippen LogP contribution in [0.3, 0.4) is 0 Å². The molecule has 0 spiro atoms. The first kappa shape index (κ1) is 80.6. The van der Waals surface area contributed by atoms with Crippen molar-refractivity contribution in [1.29, 1.82) is 0 Å². The van der Waals surface area contributed by atoms with E-state index in [1.807, 2.05) is 6.08 Å². The predicted octanol–water partition coefficient (Wildman–Crippen LogP) is 15.1. The second-order valence-electron chi connectivity index (χ2n) is 26.1. The van der Waals surface area contributed by atoms with E-state index in [0.29, 0.717) is 6.42 Å². The fourth-order valence-electron chi connectivity index (χ4n) is 12.3. The second-order valence-corrected chi connectivity index (χ2v) is 26.1. The number of allylic oxidation sites excluding steroid dienone is 3. The van der Waals surface area contributed by atoms with Crippen LogP contribution in [0.4, 0.5) is 0 Å². The van der Waals surface area contributed by atoms with Gasteiger partial charge in [0.15, 0.2) is 12.6 Å². The summed E-state index contributed by atoms with van der Waals surface area (Å²) in [6.45, 7) is 2.84. The molecule has 2 fully saturated rings. The molecule has 2 heterocycles. The summed E-state index contributed by atoms with van der Waals surface area (Å²) in [4.78, 5) is 13.3. The van der Waals surface area contributed by atoms with E-state index >= 15 is 0 Å². The molecular weight excluding hydrogens is 1090 g/mol. The Morgan fingerprint density at radius 3 is 1.10 bits per heavy atom. The van der Waals surface area contributed by atoms with Gasteiger partial charge in [-0.25, -0.2) is 0 Å². The van der Waals surface area contributed by atoms with Crippen molar-refractivity contribution in [3.8, 4) is 0 Å². The van der Waals surface area contributed by atoms with Crippen LogP contribution in [0.1, 0.15) is 335 Å². The van der Waals surface area contributed by atoms with Crippen molar-refractivity contribution in [2.24, 2.45) is 0 Å². The molecule has 2 aliphatic rings. The van der Waals surface area contributed by atoms with Crippen LogP contribution in [0.2, 0.25) is 0 Å². The van der Waals surface area contributed by atoms with Gasteiger partial charge in [0.1, 0.15) is 48.8 Å². The van der Waals surface area contributed by atoms with Gasteiger partial charge in [0.2, 0.25) is 5.91 Å². The highest BCUT2D eigenvalue weighted by Gasteiger charge is 2.51. The third kappa shape index (κ3) is 41.1. The van der Waals surface area contributed by atoms with Crippen LogP contribution in [0.5, 0.6) is 0 Å². The molecule has 2 rings (SSSR count). The largest absolute Gasteiger partial charge is 0.394 e. The summed E-state index contributed by atoms with van der Waals surface area (Å²) in [5.41, 5.74) is 0. The molecule has 86 heavy (non-hydrogen) atoms. The maximum atomic E-state index is 13.3. The first-order chi connectivity index (χ1) is 42.1. The molecule has 12 atom stereocenters. The number of hydrogen-bond donors (Lipinski definition) is 9. The molecule has 0 radical (unpaired) electrons. The molecule has 2 aliphatic heterocycles. The van der Waals surface area contributed by atoms with Gasteiger partial charge in [0.25, 0.3) is 0 Å². The lowest BCUT2D eigenvalue weighted by molar-refractivity contribution is -0.359. The minimum Gasteiger partial charge on any atom is -0.394 e. The minimum atomic E-state index is -1.79. The van der Waals surface area contributed by atoms with Crippen LogP contribution in [-0.2, 0) is 23.7 Å². The molecule has 0 aliphatic carbocycles. The predicted molar refractivity (Wildman–Crippen MR) is 351 cm³/mol. The first-order valence-electron chi connectivity index (χ1n) is 36.6. The first-order valence-corrected chi connectivity index (χ1v) is 36.6. The highest BCUT2D eigenvalue weighted by atomic mass is 16.7. The van der Waals surface area contributed by atoms with Crippen molar-refractivity contribution in [3.63, 3.8) is 0 Å². The van der Waals surface area contributed by atoms with Gasteiger partial charge in [-0.05, 0) is 44.9 Å². The van der Waals surface area contributed by atoms with Gasteiger partial charge in [-0.1, -0.05) is 308 Å².